The maximum Gasteiger partial charge on any atom is 0.228 e. The number of halogens is 1. The highest BCUT2D eigenvalue weighted by atomic mass is 32.1. The summed E-state index contributed by atoms with van der Waals surface area (Å²) in [5.74, 6) is 0.774. The first kappa shape index (κ1) is 20.3. The fourth-order valence-corrected chi connectivity index (χ4v) is 2.71. The normalized spacial score (nSPS) is 10.6. The van der Waals surface area contributed by atoms with Crippen LogP contribution in [-0.4, -0.2) is 18.4 Å². The third-order valence-electron chi connectivity index (χ3n) is 3.98. The predicted octanol–water partition coefficient (Wildman–Crippen LogP) is 2.81. The molecular weight excluding hydrogens is 389 g/mol. The molecule has 29 heavy (non-hydrogen) atoms. The molecule has 0 aromatic heterocycles. The molecule has 0 fully saturated rings. The second-order valence-corrected chi connectivity index (χ2v) is 6.43. The maximum absolute atomic E-state index is 13.7. The van der Waals surface area contributed by atoms with Crippen molar-refractivity contribution in [1.29, 1.82) is 0 Å². The van der Waals surface area contributed by atoms with Crippen molar-refractivity contribution in [2.45, 2.75) is 6.61 Å². The largest absolute Gasteiger partial charge is 0.493 e. The van der Waals surface area contributed by atoms with Gasteiger partial charge in [0.05, 0.1) is 7.11 Å². The summed E-state index contributed by atoms with van der Waals surface area (Å²) < 4.78 is 24.8. The average molecular weight is 410 g/mol. The highest BCUT2D eigenvalue weighted by Gasteiger charge is 2.08. The van der Waals surface area contributed by atoms with Crippen molar-refractivity contribution in [3.8, 4) is 11.5 Å². The van der Waals surface area contributed by atoms with E-state index in [0.29, 0.717) is 22.2 Å². The molecule has 3 rings (SSSR count). The summed E-state index contributed by atoms with van der Waals surface area (Å²) in [5, 5.41) is 6.43. The number of hydrazone groups is 1. The first-order valence-electron chi connectivity index (χ1n) is 8.91. The number of methoxy groups -OCH3 is 1. The van der Waals surface area contributed by atoms with Gasteiger partial charge in [-0.1, -0.05) is 36.4 Å². The van der Waals surface area contributed by atoms with Crippen LogP contribution in [-0.2, 0) is 6.61 Å². The van der Waals surface area contributed by atoms with E-state index in [2.05, 4.69) is 15.8 Å². The van der Waals surface area contributed by atoms with Crippen LogP contribution in [0.25, 0.3) is 0 Å². The molecule has 0 radical (unpaired) electrons. The number of ether oxygens (including phenoxy) is 2. The zero-order valence-corrected chi connectivity index (χ0v) is 16.6. The predicted molar refractivity (Wildman–Crippen MR) is 116 cm³/mol. The number of para-hydroxylation sites is 1. The van der Waals surface area contributed by atoms with E-state index in [-0.39, 0.29) is 12.4 Å². The minimum Gasteiger partial charge on any atom is -0.493 e. The minimum absolute atomic E-state index is 0.116. The molecule has 3 N–H and O–H groups in total. The highest BCUT2D eigenvalue weighted by Crippen LogP contribution is 2.28. The summed E-state index contributed by atoms with van der Waals surface area (Å²) in [7, 11) is 1.56. The van der Waals surface area contributed by atoms with Crippen LogP contribution in [0.3, 0.4) is 0 Å². The molecule has 5 nitrogen and oxygen atoms in total. The Kier molecular flexibility index (Phi) is 7.13. The molecular formula is C22H21FN3O2S+. The molecule has 0 spiro atoms. The quantitative estimate of drug-likeness (QED) is 0.318. The number of anilines is 1. The van der Waals surface area contributed by atoms with Gasteiger partial charge in [-0.3, -0.25) is 0 Å². The number of hydrogen-bond acceptors (Lipinski definition) is 3. The van der Waals surface area contributed by atoms with Crippen LogP contribution < -0.4 is 25.3 Å². The first-order chi connectivity index (χ1) is 14.2. The highest BCUT2D eigenvalue weighted by molar-refractivity contribution is 7.80. The molecule has 0 aliphatic carbocycles. The van der Waals surface area contributed by atoms with Crippen molar-refractivity contribution in [3.63, 3.8) is 0 Å². The van der Waals surface area contributed by atoms with E-state index in [1.54, 1.807) is 43.7 Å². The molecule has 0 atom stereocenters. The smallest absolute Gasteiger partial charge is 0.228 e. The van der Waals surface area contributed by atoms with Crippen LogP contribution in [0.2, 0.25) is 0 Å². The van der Waals surface area contributed by atoms with Gasteiger partial charge in [0.1, 0.15) is 12.4 Å². The Bertz CT molecular complexity index is 996. The summed E-state index contributed by atoms with van der Waals surface area (Å²) in [6.45, 7) is 0.116. The number of hydrazine groups is 1. The Morgan fingerprint density at radius 3 is 2.55 bits per heavy atom. The van der Waals surface area contributed by atoms with E-state index in [4.69, 9.17) is 21.7 Å². The number of hydrogen-bond donors (Lipinski definition) is 3. The Balaban J connectivity index is 1.58. The molecule has 0 aliphatic rings. The summed E-state index contributed by atoms with van der Waals surface area (Å²) in [5.41, 5.74) is 5.10. The van der Waals surface area contributed by atoms with E-state index >= 15 is 0 Å². The van der Waals surface area contributed by atoms with Gasteiger partial charge in [0.2, 0.25) is 5.11 Å². The van der Waals surface area contributed by atoms with Gasteiger partial charge in [0.25, 0.3) is 0 Å². The number of nitrogens with one attached hydrogen (secondary N) is 3. The van der Waals surface area contributed by atoms with Crippen molar-refractivity contribution in [1.82, 2.24) is 5.43 Å². The molecule has 0 heterocycles. The number of thiocarbonyl (C=S) groups is 1. The zero-order valence-electron chi connectivity index (χ0n) is 15.8. The molecule has 148 valence electrons. The molecule has 0 aliphatic heterocycles. The lowest BCUT2D eigenvalue weighted by Crippen LogP contribution is -2.82. The summed E-state index contributed by atoms with van der Waals surface area (Å²) >= 11 is 5.23. The lowest BCUT2D eigenvalue weighted by molar-refractivity contribution is -0.499. The van der Waals surface area contributed by atoms with Gasteiger partial charge in [-0.2, -0.15) is 0 Å². The second kappa shape index (κ2) is 10.2. The fraction of sp³-hybridized carbons (Fsp3) is 0.0909. The summed E-state index contributed by atoms with van der Waals surface area (Å²) in [4.78, 5) is 0. The summed E-state index contributed by atoms with van der Waals surface area (Å²) in [6, 6.07) is 21.6. The Labute approximate surface area is 174 Å². The van der Waals surface area contributed by atoms with Gasteiger partial charge in [0.15, 0.2) is 17.7 Å². The van der Waals surface area contributed by atoms with Gasteiger partial charge in [-0.25, -0.2) is 4.39 Å². The van der Waals surface area contributed by atoms with Crippen LogP contribution >= 0.6 is 12.2 Å². The van der Waals surface area contributed by atoms with E-state index in [9.17, 15) is 4.39 Å². The Morgan fingerprint density at radius 2 is 1.79 bits per heavy atom. The zero-order chi connectivity index (χ0) is 20.5. The van der Waals surface area contributed by atoms with Gasteiger partial charge in [-0.05, 0) is 48.6 Å². The SMILES string of the molecule is COc1cc(C=[NH+]NC(=S)Nc2ccccc2)ccc1OCc1ccccc1F. The lowest BCUT2D eigenvalue weighted by atomic mass is 10.2. The lowest BCUT2D eigenvalue weighted by Gasteiger charge is -2.11. The third kappa shape index (κ3) is 6.02. The van der Waals surface area contributed by atoms with Crippen molar-refractivity contribution in [2.24, 2.45) is 0 Å². The van der Waals surface area contributed by atoms with Crippen LogP contribution in [0.5, 0.6) is 11.5 Å². The van der Waals surface area contributed by atoms with Gasteiger partial charge < -0.3 is 14.8 Å². The monoisotopic (exact) mass is 410 g/mol. The van der Waals surface area contributed by atoms with Crippen LogP contribution in [0, 0.1) is 5.82 Å². The first-order valence-corrected chi connectivity index (χ1v) is 9.31. The minimum atomic E-state index is -0.299. The van der Waals surface area contributed by atoms with Crippen molar-refractivity contribution >= 4 is 29.2 Å². The van der Waals surface area contributed by atoms with E-state index < -0.39 is 0 Å². The van der Waals surface area contributed by atoms with E-state index in [0.717, 1.165) is 11.3 Å². The van der Waals surface area contributed by atoms with Crippen molar-refractivity contribution in [3.05, 3.63) is 89.7 Å². The molecule has 3 aromatic carbocycles. The Hall–Kier alpha value is -3.45. The molecule has 0 saturated heterocycles. The summed E-state index contributed by atoms with van der Waals surface area (Å²) in [6.07, 6.45) is 1.74. The molecule has 0 saturated carbocycles. The van der Waals surface area contributed by atoms with Crippen LogP contribution in [0.15, 0.2) is 72.8 Å². The van der Waals surface area contributed by atoms with Crippen LogP contribution in [0.4, 0.5) is 10.1 Å². The maximum atomic E-state index is 13.7. The molecule has 0 amide bonds. The average Bonchev–Trinajstić information content (AvgIpc) is 2.74. The molecule has 7 heteroatoms. The molecule has 0 unspecified atom stereocenters. The van der Waals surface area contributed by atoms with Crippen LogP contribution in [0.1, 0.15) is 11.1 Å². The third-order valence-corrected chi connectivity index (χ3v) is 4.19. The second-order valence-electron chi connectivity index (χ2n) is 6.02. The number of benzene rings is 3. The van der Waals surface area contributed by atoms with Gasteiger partial charge in [0, 0.05) is 16.8 Å². The standard InChI is InChI=1S/C22H20FN3O2S/c1-27-21-13-16(14-24-26-22(29)25-18-8-3-2-4-9-18)11-12-20(21)28-15-17-7-5-6-10-19(17)23/h2-14H,15H2,1H3,(H2,25,26,29)/p+1. The Morgan fingerprint density at radius 1 is 1.03 bits per heavy atom. The van der Waals surface area contributed by atoms with Gasteiger partial charge >= 0.3 is 0 Å². The topological polar surface area (TPSA) is 56.5 Å². The van der Waals surface area contributed by atoms with Crippen molar-refractivity contribution < 1.29 is 19.0 Å². The van der Waals surface area contributed by atoms with E-state index in [1.165, 1.54) is 6.07 Å². The fourth-order valence-electron chi connectivity index (χ4n) is 2.53. The molecule has 3 aromatic rings. The van der Waals surface area contributed by atoms with Gasteiger partial charge in [-0.15, -0.1) is 10.5 Å². The number of rotatable bonds is 7. The molecule has 0 bridgehead atoms. The van der Waals surface area contributed by atoms with E-state index in [1.807, 2.05) is 36.4 Å². The van der Waals surface area contributed by atoms with Crippen molar-refractivity contribution in [2.75, 3.05) is 12.4 Å².